The average molecular weight is 353 g/mol. The highest BCUT2D eigenvalue weighted by molar-refractivity contribution is 5.49. The third-order valence-electron chi connectivity index (χ3n) is 5.87. The average Bonchev–Trinajstić information content (AvgIpc) is 2.66. The van der Waals surface area contributed by atoms with Gasteiger partial charge in [0.25, 0.3) is 0 Å². The molecule has 2 N–H and O–H groups in total. The normalized spacial score (nSPS) is 25.3. The Hall–Kier alpha value is -2.11. The Labute approximate surface area is 155 Å². The number of ether oxygens (including phenoxy) is 2. The first-order valence-electron chi connectivity index (χ1n) is 9.27. The molecule has 5 nitrogen and oxygen atoms in total. The van der Waals surface area contributed by atoms with Crippen LogP contribution in [0.25, 0.3) is 0 Å². The largest absolute Gasteiger partial charge is 0.493 e. The number of rotatable bonds is 3. The molecule has 2 aromatic rings. The summed E-state index contributed by atoms with van der Waals surface area (Å²) in [6.07, 6.45) is 3.85. The predicted octanol–water partition coefficient (Wildman–Crippen LogP) is 2.82. The first kappa shape index (κ1) is 17.3. The fourth-order valence-electron chi connectivity index (χ4n) is 4.46. The van der Waals surface area contributed by atoms with Gasteiger partial charge in [0.15, 0.2) is 11.5 Å². The molecule has 0 saturated carbocycles. The van der Waals surface area contributed by atoms with Gasteiger partial charge in [0.1, 0.15) is 0 Å². The number of aromatic nitrogens is 1. The second-order valence-electron chi connectivity index (χ2n) is 7.43. The molecule has 1 aromatic heterocycles. The van der Waals surface area contributed by atoms with Gasteiger partial charge >= 0.3 is 0 Å². The molecule has 138 valence electrons. The first-order chi connectivity index (χ1) is 12.6. The van der Waals surface area contributed by atoms with E-state index in [0.717, 1.165) is 43.1 Å². The van der Waals surface area contributed by atoms with Crippen LogP contribution in [0.4, 0.5) is 0 Å². The minimum Gasteiger partial charge on any atom is -0.493 e. The van der Waals surface area contributed by atoms with Crippen molar-refractivity contribution in [3.8, 4) is 11.5 Å². The molecule has 0 spiro atoms. The molecule has 2 aliphatic heterocycles. The number of nitrogens with zero attached hydrogens (tertiary/aromatic N) is 2. The molecule has 0 radical (unpaired) electrons. The van der Waals surface area contributed by atoms with E-state index in [-0.39, 0.29) is 12.0 Å². The van der Waals surface area contributed by atoms with Crippen molar-refractivity contribution >= 4 is 0 Å². The van der Waals surface area contributed by atoms with Crippen LogP contribution in [-0.4, -0.2) is 43.2 Å². The molecule has 26 heavy (non-hydrogen) atoms. The highest BCUT2D eigenvalue weighted by Crippen LogP contribution is 2.43. The lowest BCUT2D eigenvalue weighted by molar-refractivity contribution is 0.108. The molecular weight excluding hydrogens is 326 g/mol. The highest BCUT2D eigenvalue weighted by atomic mass is 16.5. The number of hydrogen-bond acceptors (Lipinski definition) is 5. The zero-order chi connectivity index (χ0) is 18.3. The second kappa shape index (κ2) is 6.89. The second-order valence-corrected chi connectivity index (χ2v) is 7.43. The fraction of sp³-hybridized carbons (Fsp3) is 0.476. The topological polar surface area (TPSA) is 60.6 Å². The number of piperidine rings is 1. The zero-order valence-electron chi connectivity index (χ0n) is 15.7. The number of nitrogens with two attached hydrogens (primary N) is 1. The maximum Gasteiger partial charge on any atom is 0.161 e. The molecule has 3 unspecified atom stereocenters. The monoisotopic (exact) mass is 353 g/mol. The van der Waals surface area contributed by atoms with Crippen LogP contribution in [0.1, 0.15) is 40.8 Å². The van der Waals surface area contributed by atoms with E-state index in [2.05, 4.69) is 35.0 Å². The van der Waals surface area contributed by atoms with Crippen LogP contribution < -0.4 is 15.2 Å². The van der Waals surface area contributed by atoms with E-state index in [1.165, 1.54) is 16.7 Å². The number of methoxy groups -OCH3 is 2. The molecule has 1 aromatic carbocycles. The predicted molar refractivity (Wildman–Crippen MR) is 102 cm³/mol. The number of aryl methyl sites for hydroxylation is 1. The van der Waals surface area contributed by atoms with E-state index in [9.17, 15) is 0 Å². The van der Waals surface area contributed by atoms with Crippen molar-refractivity contribution in [1.82, 2.24) is 9.88 Å². The summed E-state index contributed by atoms with van der Waals surface area (Å²) in [5.74, 6) is 1.89. The van der Waals surface area contributed by atoms with E-state index >= 15 is 0 Å². The number of fused-ring (bicyclic) bond motifs is 3. The number of hydrogen-bond donors (Lipinski definition) is 1. The van der Waals surface area contributed by atoms with Crippen LogP contribution in [0, 0.1) is 6.92 Å². The van der Waals surface area contributed by atoms with Gasteiger partial charge in [-0.05, 0) is 60.7 Å². The van der Waals surface area contributed by atoms with Crippen LogP contribution >= 0.6 is 0 Å². The lowest BCUT2D eigenvalue weighted by Gasteiger charge is -2.46. The van der Waals surface area contributed by atoms with Crippen LogP contribution in [0.2, 0.25) is 0 Å². The van der Waals surface area contributed by atoms with Gasteiger partial charge in [0, 0.05) is 43.0 Å². The Balaban J connectivity index is 1.64. The molecule has 1 fully saturated rings. The van der Waals surface area contributed by atoms with Gasteiger partial charge in [-0.1, -0.05) is 0 Å². The van der Waals surface area contributed by atoms with Crippen molar-refractivity contribution < 1.29 is 9.47 Å². The molecule has 3 atom stereocenters. The molecule has 3 heterocycles. The summed E-state index contributed by atoms with van der Waals surface area (Å²) < 4.78 is 11.0. The van der Waals surface area contributed by atoms with Gasteiger partial charge in [-0.2, -0.15) is 0 Å². The smallest absolute Gasteiger partial charge is 0.161 e. The third-order valence-corrected chi connectivity index (χ3v) is 5.87. The van der Waals surface area contributed by atoms with Gasteiger partial charge in [-0.25, -0.2) is 0 Å². The van der Waals surface area contributed by atoms with Gasteiger partial charge in [-0.15, -0.1) is 0 Å². The summed E-state index contributed by atoms with van der Waals surface area (Å²) in [7, 11) is 3.38. The molecule has 0 amide bonds. The SMILES string of the molecule is COc1cc2c(cc1OC)C1CC(N)C(c3cc(C)ccn3)CN1CC2. The Morgan fingerprint density at radius 1 is 1.15 bits per heavy atom. The van der Waals surface area contributed by atoms with Crippen molar-refractivity contribution in [2.75, 3.05) is 27.3 Å². The lowest BCUT2D eigenvalue weighted by atomic mass is 9.79. The maximum absolute atomic E-state index is 6.63. The van der Waals surface area contributed by atoms with Crippen LogP contribution in [0.5, 0.6) is 11.5 Å². The van der Waals surface area contributed by atoms with Gasteiger partial charge < -0.3 is 15.2 Å². The van der Waals surface area contributed by atoms with Crippen molar-refractivity contribution in [3.05, 3.63) is 52.8 Å². The molecule has 0 aliphatic carbocycles. The fourth-order valence-corrected chi connectivity index (χ4v) is 4.46. The van der Waals surface area contributed by atoms with Gasteiger partial charge in [0.2, 0.25) is 0 Å². The van der Waals surface area contributed by atoms with Crippen LogP contribution in [0.3, 0.4) is 0 Å². The summed E-state index contributed by atoms with van der Waals surface area (Å²) in [4.78, 5) is 7.16. The summed E-state index contributed by atoms with van der Waals surface area (Å²) >= 11 is 0. The molecule has 0 bridgehead atoms. The Kier molecular flexibility index (Phi) is 4.59. The molecule has 1 saturated heterocycles. The molecule has 2 aliphatic rings. The van der Waals surface area contributed by atoms with Crippen molar-refractivity contribution in [2.45, 2.75) is 37.8 Å². The van der Waals surface area contributed by atoms with E-state index in [1.54, 1.807) is 14.2 Å². The van der Waals surface area contributed by atoms with E-state index in [4.69, 9.17) is 15.2 Å². The maximum atomic E-state index is 6.63. The summed E-state index contributed by atoms with van der Waals surface area (Å²) in [5.41, 5.74) is 11.7. The number of pyridine rings is 1. The summed E-state index contributed by atoms with van der Waals surface area (Å²) in [6.45, 7) is 4.11. The zero-order valence-corrected chi connectivity index (χ0v) is 15.7. The van der Waals surface area contributed by atoms with Gasteiger partial charge in [-0.3, -0.25) is 9.88 Å². The Morgan fingerprint density at radius 3 is 2.65 bits per heavy atom. The standard InChI is InChI=1S/C21H27N3O2/c1-13-4-6-23-18(8-13)16-12-24-7-5-14-9-20(25-2)21(26-3)10-15(14)19(24)11-17(16)22/h4,6,8-10,16-17,19H,5,7,11-12,22H2,1-3H3. The van der Waals surface area contributed by atoms with Crippen molar-refractivity contribution in [2.24, 2.45) is 5.73 Å². The van der Waals surface area contributed by atoms with Gasteiger partial charge in [0.05, 0.1) is 14.2 Å². The molecule has 5 heteroatoms. The Bertz CT molecular complexity index is 808. The third kappa shape index (κ3) is 2.95. The van der Waals surface area contributed by atoms with Crippen molar-refractivity contribution in [3.63, 3.8) is 0 Å². The van der Waals surface area contributed by atoms with Crippen LogP contribution in [-0.2, 0) is 6.42 Å². The van der Waals surface area contributed by atoms with E-state index in [0.29, 0.717) is 6.04 Å². The van der Waals surface area contributed by atoms with Crippen molar-refractivity contribution in [1.29, 1.82) is 0 Å². The quantitative estimate of drug-likeness (QED) is 0.919. The number of benzene rings is 1. The molecular formula is C21H27N3O2. The molecule has 4 rings (SSSR count). The van der Waals surface area contributed by atoms with Crippen LogP contribution in [0.15, 0.2) is 30.5 Å². The highest BCUT2D eigenvalue weighted by Gasteiger charge is 2.39. The Morgan fingerprint density at radius 2 is 1.92 bits per heavy atom. The minimum atomic E-state index is 0.101. The summed E-state index contributed by atoms with van der Waals surface area (Å²) in [6, 6.07) is 8.93. The van der Waals surface area contributed by atoms with E-state index in [1.807, 2.05) is 12.3 Å². The lowest BCUT2D eigenvalue weighted by Crippen LogP contribution is -2.50. The first-order valence-corrected chi connectivity index (χ1v) is 9.27. The summed E-state index contributed by atoms with van der Waals surface area (Å²) in [5, 5.41) is 0. The van der Waals surface area contributed by atoms with E-state index < -0.39 is 0 Å². The minimum absolute atomic E-state index is 0.101.